The predicted octanol–water partition coefficient (Wildman–Crippen LogP) is 2.61. The predicted molar refractivity (Wildman–Crippen MR) is 75.3 cm³/mol. The molecule has 1 aliphatic heterocycles. The van der Waals surface area contributed by atoms with Crippen molar-refractivity contribution in [2.24, 2.45) is 0 Å². The molecule has 0 bridgehead atoms. The first-order chi connectivity index (χ1) is 9.92. The summed E-state index contributed by atoms with van der Waals surface area (Å²) in [5.74, 6) is -0.0378. The molecule has 2 atom stereocenters. The number of carbonyl (C=O) groups excluding carboxylic acids is 1. The molecule has 0 aromatic heterocycles. The van der Waals surface area contributed by atoms with Gasteiger partial charge in [-0.1, -0.05) is 18.2 Å². The molecule has 0 radical (unpaired) electrons. The molecule has 0 saturated carbocycles. The van der Waals surface area contributed by atoms with Crippen molar-refractivity contribution in [1.82, 2.24) is 10.6 Å². The standard InChI is InChI=1S/C15H20F2N2O2/c1-10(19-13(20)15(2)8-5-9-18-15)11-6-3-4-7-12(11)21-14(16)17/h3-4,6-7,10,14,18H,5,8-9H2,1-2H3,(H,19,20). The van der Waals surface area contributed by atoms with Gasteiger partial charge in [0.1, 0.15) is 5.75 Å². The molecule has 6 heteroatoms. The highest BCUT2D eigenvalue weighted by Crippen LogP contribution is 2.27. The second kappa shape index (κ2) is 6.39. The molecule has 1 heterocycles. The van der Waals surface area contributed by atoms with Crippen LogP contribution < -0.4 is 15.4 Å². The Morgan fingerprint density at radius 1 is 1.43 bits per heavy atom. The van der Waals surface area contributed by atoms with E-state index >= 15 is 0 Å². The molecular formula is C15H20F2N2O2. The van der Waals surface area contributed by atoms with Crippen LogP contribution in [0.3, 0.4) is 0 Å². The van der Waals surface area contributed by atoms with Gasteiger partial charge in [-0.3, -0.25) is 4.79 Å². The molecule has 1 aromatic carbocycles. The van der Waals surface area contributed by atoms with Crippen LogP contribution in [-0.4, -0.2) is 24.6 Å². The molecule has 4 nitrogen and oxygen atoms in total. The molecule has 1 saturated heterocycles. The van der Waals surface area contributed by atoms with E-state index in [1.165, 1.54) is 6.07 Å². The summed E-state index contributed by atoms with van der Waals surface area (Å²) in [4.78, 5) is 12.3. The Balaban J connectivity index is 2.09. The Labute approximate surface area is 122 Å². The lowest BCUT2D eigenvalue weighted by Crippen LogP contribution is -2.51. The van der Waals surface area contributed by atoms with Gasteiger partial charge in [-0.05, 0) is 39.3 Å². The molecule has 2 rings (SSSR count). The third kappa shape index (κ3) is 3.69. The molecule has 116 valence electrons. The number of alkyl halides is 2. The second-order valence-corrected chi connectivity index (χ2v) is 5.47. The van der Waals surface area contributed by atoms with Gasteiger partial charge in [-0.2, -0.15) is 8.78 Å². The van der Waals surface area contributed by atoms with Crippen molar-refractivity contribution >= 4 is 5.91 Å². The zero-order valence-corrected chi connectivity index (χ0v) is 12.2. The van der Waals surface area contributed by atoms with Gasteiger partial charge in [-0.15, -0.1) is 0 Å². The number of carbonyl (C=O) groups is 1. The lowest BCUT2D eigenvalue weighted by atomic mass is 9.98. The summed E-state index contributed by atoms with van der Waals surface area (Å²) >= 11 is 0. The van der Waals surface area contributed by atoms with Crippen LogP contribution in [0.2, 0.25) is 0 Å². The smallest absolute Gasteiger partial charge is 0.387 e. The van der Waals surface area contributed by atoms with Crippen LogP contribution >= 0.6 is 0 Å². The van der Waals surface area contributed by atoms with Crippen LogP contribution in [0.25, 0.3) is 0 Å². The van der Waals surface area contributed by atoms with Gasteiger partial charge in [0.15, 0.2) is 0 Å². The summed E-state index contributed by atoms with van der Waals surface area (Å²) in [5, 5.41) is 6.04. The fraction of sp³-hybridized carbons (Fsp3) is 0.533. The number of halogens is 2. The molecule has 1 amide bonds. The van der Waals surface area contributed by atoms with E-state index in [1.54, 1.807) is 25.1 Å². The number of amides is 1. The van der Waals surface area contributed by atoms with E-state index in [0.717, 1.165) is 19.4 Å². The van der Waals surface area contributed by atoms with Gasteiger partial charge in [-0.25, -0.2) is 0 Å². The second-order valence-electron chi connectivity index (χ2n) is 5.47. The molecular weight excluding hydrogens is 278 g/mol. The van der Waals surface area contributed by atoms with E-state index in [0.29, 0.717) is 5.56 Å². The summed E-state index contributed by atoms with van der Waals surface area (Å²) < 4.78 is 29.3. The van der Waals surface area contributed by atoms with Gasteiger partial charge in [0.05, 0.1) is 11.6 Å². The number of ether oxygens (including phenoxy) is 1. The number of nitrogens with one attached hydrogen (secondary N) is 2. The Kier molecular flexibility index (Phi) is 4.77. The minimum Gasteiger partial charge on any atom is -0.434 e. The minimum absolute atomic E-state index is 0.0878. The zero-order valence-electron chi connectivity index (χ0n) is 12.2. The highest BCUT2D eigenvalue weighted by atomic mass is 19.3. The number of para-hydroxylation sites is 1. The lowest BCUT2D eigenvalue weighted by molar-refractivity contribution is -0.127. The van der Waals surface area contributed by atoms with Gasteiger partial charge < -0.3 is 15.4 Å². The maximum absolute atomic E-state index is 12.4. The van der Waals surface area contributed by atoms with Crippen molar-refractivity contribution in [2.45, 2.75) is 44.9 Å². The molecule has 2 unspecified atom stereocenters. The minimum atomic E-state index is -2.89. The quantitative estimate of drug-likeness (QED) is 0.878. The first-order valence-electron chi connectivity index (χ1n) is 7.02. The Bertz CT molecular complexity index is 502. The van der Waals surface area contributed by atoms with Gasteiger partial charge >= 0.3 is 6.61 Å². The van der Waals surface area contributed by atoms with Crippen molar-refractivity contribution in [3.63, 3.8) is 0 Å². The summed E-state index contributed by atoms with van der Waals surface area (Å²) in [5.41, 5.74) is -0.0555. The van der Waals surface area contributed by atoms with Crippen LogP contribution in [-0.2, 0) is 4.79 Å². The van der Waals surface area contributed by atoms with E-state index in [9.17, 15) is 13.6 Å². The Morgan fingerprint density at radius 3 is 2.76 bits per heavy atom. The van der Waals surface area contributed by atoms with Crippen molar-refractivity contribution in [1.29, 1.82) is 0 Å². The van der Waals surface area contributed by atoms with E-state index in [2.05, 4.69) is 15.4 Å². The first kappa shape index (κ1) is 15.7. The summed E-state index contributed by atoms with van der Waals surface area (Å²) in [6.07, 6.45) is 1.71. The number of rotatable bonds is 5. The molecule has 0 spiro atoms. The molecule has 0 aliphatic carbocycles. The normalized spacial score (nSPS) is 23.1. The Hall–Kier alpha value is -1.69. The monoisotopic (exact) mass is 298 g/mol. The molecule has 1 aliphatic rings. The lowest BCUT2D eigenvalue weighted by Gasteiger charge is -2.26. The van der Waals surface area contributed by atoms with Gasteiger partial charge in [0.25, 0.3) is 0 Å². The summed E-state index contributed by atoms with van der Waals surface area (Å²) in [7, 11) is 0. The van der Waals surface area contributed by atoms with Crippen molar-refractivity contribution in [2.75, 3.05) is 6.54 Å². The average molecular weight is 298 g/mol. The van der Waals surface area contributed by atoms with Crippen LogP contribution in [0, 0.1) is 0 Å². The van der Waals surface area contributed by atoms with E-state index in [4.69, 9.17) is 0 Å². The zero-order chi connectivity index (χ0) is 15.5. The first-order valence-corrected chi connectivity index (χ1v) is 7.02. The SMILES string of the molecule is CC(NC(=O)C1(C)CCCN1)c1ccccc1OC(F)F. The fourth-order valence-corrected chi connectivity index (χ4v) is 2.56. The molecule has 2 N–H and O–H groups in total. The Morgan fingerprint density at radius 2 is 2.14 bits per heavy atom. The average Bonchev–Trinajstić information content (AvgIpc) is 2.87. The topological polar surface area (TPSA) is 50.4 Å². The van der Waals surface area contributed by atoms with Crippen molar-refractivity contribution in [3.8, 4) is 5.75 Å². The highest BCUT2D eigenvalue weighted by Gasteiger charge is 2.36. The van der Waals surface area contributed by atoms with Crippen molar-refractivity contribution < 1.29 is 18.3 Å². The van der Waals surface area contributed by atoms with Gasteiger partial charge in [0, 0.05) is 5.56 Å². The molecule has 1 aromatic rings. The fourth-order valence-electron chi connectivity index (χ4n) is 2.56. The number of benzene rings is 1. The largest absolute Gasteiger partial charge is 0.434 e. The third-order valence-corrected chi connectivity index (χ3v) is 3.82. The van der Waals surface area contributed by atoms with E-state index < -0.39 is 18.2 Å². The van der Waals surface area contributed by atoms with Gasteiger partial charge in [0.2, 0.25) is 5.91 Å². The molecule has 21 heavy (non-hydrogen) atoms. The summed E-state index contributed by atoms with van der Waals surface area (Å²) in [6.45, 7) is 1.53. The number of hydrogen-bond donors (Lipinski definition) is 2. The van der Waals surface area contributed by atoms with Crippen LogP contribution in [0.4, 0.5) is 8.78 Å². The summed E-state index contributed by atoms with van der Waals surface area (Å²) in [6, 6.07) is 6.08. The third-order valence-electron chi connectivity index (χ3n) is 3.82. The van der Waals surface area contributed by atoms with Crippen LogP contribution in [0.1, 0.15) is 38.3 Å². The van der Waals surface area contributed by atoms with E-state index in [1.807, 2.05) is 6.92 Å². The maximum atomic E-state index is 12.4. The van der Waals surface area contributed by atoms with Crippen LogP contribution in [0.15, 0.2) is 24.3 Å². The number of hydrogen-bond acceptors (Lipinski definition) is 3. The highest BCUT2D eigenvalue weighted by molar-refractivity contribution is 5.86. The maximum Gasteiger partial charge on any atom is 0.387 e. The van der Waals surface area contributed by atoms with E-state index in [-0.39, 0.29) is 11.7 Å². The van der Waals surface area contributed by atoms with Crippen LogP contribution in [0.5, 0.6) is 5.75 Å². The molecule has 1 fully saturated rings. The van der Waals surface area contributed by atoms with Crippen molar-refractivity contribution in [3.05, 3.63) is 29.8 Å².